The maximum absolute atomic E-state index is 10.1. The minimum atomic E-state index is -0.993. The average molecular weight is 288 g/mol. The van der Waals surface area contributed by atoms with Gasteiger partial charge in [0.15, 0.2) is 18.9 Å². The fourth-order valence-corrected chi connectivity index (χ4v) is 2.88. The van der Waals surface area contributed by atoms with E-state index in [1.54, 1.807) is 0 Å². The van der Waals surface area contributed by atoms with Crippen LogP contribution in [0.2, 0.25) is 0 Å². The molecule has 0 saturated carbocycles. The van der Waals surface area contributed by atoms with Crippen LogP contribution in [0.4, 0.5) is 0 Å². The molecule has 0 spiro atoms. The molecule has 7 atom stereocenters. The lowest BCUT2D eigenvalue weighted by molar-refractivity contribution is -0.343. The van der Waals surface area contributed by atoms with Gasteiger partial charge in [-0.2, -0.15) is 0 Å². The molecule has 3 aliphatic heterocycles. The van der Waals surface area contributed by atoms with E-state index in [4.69, 9.17) is 23.7 Å². The highest BCUT2D eigenvalue weighted by molar-refractivity contribution is 4.96. The van der Waals surface area contributed by atoms with Gasteiger partial charge in [0.25, 0.3) is 0 Å². The smallest absolute Gasteiger partial charge is 0.184 e. The van der Waals surface area contributed by atoms with Crippen LogP contribution in [-0.4, -0.2) is 55.0 Å². The van der Waals surface area contributed by atoms with Gasteiger partial charge in [0.2, 0.25) is 0 Å². The van der Waals surface area contributed by atoms with Gasteiger partial charge in [-0.3, -0.25) is 0 Å². The highest BCUT2D eigenvalue weighted by atomic mass is 16.8. The molecular formula is C14H24O6. The Balaban J connectivity index is 1.75. The summed E-state index contributed by atoms with van der Waals surface area (Å²) in [7, 11) is 0. The van der Waals surface area contributed by atoms with Crippen LogP contribution in [0.25, 0.3) is 0 Å². The summed E-state index contributed by atoms with van der Waals surface area (Å²) in [6.07, 6.45) is -2.95. The molecule has 1 N–H and O–H groups in total. The van der Waals surface area contributed by atoms with Crippen LogP contribution in [0.5, 0.6) is 0 Å². The summed E-state index contributed by atoms with van der Waals surface area (Å²) in [6, 6.07) is 0. The van der Waals surface area contributed by atoms with Crippen LogP contribution < -0.4 is 0 Å². The molecule has 0 aromatic carbocycles. The van der Waals surface area contributed by atoms with E-state index in [0.29, 0.717) is 6.61 Å². The van der Waals surface area contributed by atoms with E-state index in [1.807, 2.05) is 27.7 Å². The number of aliphatic hydroxyl groups is 1. The van der Waals surface area contributed by atoms with Crippen LogP contribution >= 0.6 is 0 Å². The predicted molar refractivity (Wildman–Crippen MR) is 68.7 cm³/mol. The summed E-state index contributed by atoms with van der Waals surface area (Å²) in [4.78, 5) is 0. The van der Waals surface area contributed by atoms with Crippen molar-refractivity contribution in [1.82, 2.24) is 0 Å². The summed E-state index contributed by atoms with van der Waals surface area (Å²) in [5.74, 6) is 0.469. The SMILES string of the molecule is CC(C)C1OC[C@H]2O[C@H](O)[C@@H]3OC(C(C)C)O[C@H]3C2O1. The molecule has 116 valence electrons. The van der Waals surface area contributed by atoms with Crippen molar-refractivity contribution in [3.8, 4) is 0 Å². The number of aliphatic hydroxyl groups excluding tert-OH is 1. The molecule has 0 aliphatic carbocycles. The van der Waals surface area contributed by atoms with Crippen LogP contribution in [-0.2, 0) is 23.7 Å². The van der Waals surface area contributed by atoms with E-state index in [1.165, 1.54) is 0 Å². The molecule has 20 heavy (non-hydrogen) atoms. The molecule has 6 nitrogen and oxygen atoms in total. The normalized spacial score (nSPS) is 48.5. The molecular weight excluding hydrogens is 264 g/mol. The predicted octanol–water partition coefficient (Wildman–Crippen LogP) is 0.867. The Morgan fingerprint density at radius 3 is 2.05 bits per heavy atom. The Morgan fingerprint density at radius 1 is 0.800 bits per heavy atom. The van der Waals surface area contributed by atoms with Crippen molar-refractivity contribution in [2.45, 2.75) is 71.0 Å². The van der Waals surface area contributed by atoms with Gasteiger partial charge in [0, 0.05) is 11.8 Å². The third kappa shape index (κ3) is 2.49. The van der Waals surface area contributed by atoms with Crippen molar-refractivity contribution in [2.24, 2.45) is 11.8 Å². The standard InChI is InChI=1S/C14H24O6/c1-6(2)13-16-5-8-9(18-13)10-11(12(15)17-8)20-14(19-10)7(3)4/h6-15H,5H2,1-4H3/t8-,9?,10+,11-,12+,13?,14?/m1/s1. The van der Waals surface area contributed by atoms with Gasteiger partial charge in [-0.25, -0.2) is 0 Å². The molecule has 3 unspecified atom stereocenters. The Kier molecular flexibility index (Phi) is 4.05. The molecule has 0 aromatic rings. The zero-order valence-corrected chi connectivity index (χ0v) is 12.4. The molecule has 6 heteroatoms. The number of hydrogen-bond acceptors (Lipinski definition) is 6. The Morgan fingerprint density at radius 2 is 1.40 bits per heavy atom. The number of ether oxygens (including phenoxy) is 5. The van der Waals surface area contributed by atoms with Gasteiger partial charge in [-0.1, -0.05) is 27.7 Å². The Labute approximate surface area is 119 Å². The minimum absolute atomic E-state index is 0.215. The summed E-state index contributed by atoms with van der Waals surface area (Å²) >= 11 is 0. The highest BCUT2D eigenvalue weighted by Gasteiger charge is 2.55. The summed E-state index contributed by atoms with van der Waals surface area (Å²) in [5.41, 5.74) is 0. The van der Waals surface area contributed by atoms with Crippen molar-refractivity contribution in [1.29, 1.82) is 0 Å². The van der Waals surface area contributed by atoms with E-state index in [2.05, 4.69) is 0 Å². The van der Waals surface area contributed by atoms with Crippen LogP contribution in [0, 0.1) is 11.8 Å². The van der Waals surface area contributed by atoms with Gasteiger partial charge in [0.05, 0.1) is 6.61 Å². The molecule has 0 bridgehead atoms. The molecule has 0 aromatic heterocycles. The van der Waals surface area contributed by atoms with Crippen molar-refractivity contribution in [3.05, 3.63) is 0 Å². The van der Waals surface area contributed by atoms with E-state index in [9.17, 15) is 5.11 Å². The number of rotatable bonds is 2. The number of fused-ring (bicyclic) bond motifs is 3. The second-order valence-corrected chi connectivity index (χ2v) is 6.43. The summed E-state index contributed by atoms with van der Waals surface area (Å²) in [6.45, 7) is 8.54. The molecule has 0 amide bonds. The zero-order chi connectivity index (χ0) is 14.4. The fourth-order valence-electron chi connectivity index (χ4n) is 2.88. The maximum atomic E-state index is 10.1. The quantitative estimate of drug-likeness (QED) is 0.813. The second-order valence-electron chi connectivity index (χ2n) is 6.43. The first kappa shape index (κ1) is 14.7. The van der Waals surface area contributed by atoms with Crippen molar-refractivity contribution < 1.29 is 28.8 Å². The molecule has 3 rings (SSSR count). The summed E-state index contributed by atoms with van der Waals surface area (Å²) in [5, 5.41) is 10.1. The molecule has 3 saturated heterocycles. The van der Waals surface area contributed by atoms with Crippen LogP contribution in [0.3, 0.4) is 0 Å². The van der Waals surface area contributed by atoms with Crippen LogP contribution in [0.1, 0.15) is 27.7 Å². The first-order chi connectivity index (χ1) is 9.47. The topological polar surface area (TPSA) is 66.4 Å². The third-order valence-electron chi connectivity index (χ3n) is 4.00. The second kappa shape index (κ2) is 5.51. The molecule has 3 aliphatic rings. The first-order valence-electron chi connectivity index (χ1n) is 7.39. The van der Waals surface area contributed by atoms with E-state index in [0.717, 1.165) is 0 Å². The lowest BCUT2D eigenvalue weighted by Gasteiger charge is -2.45. The van der Waals surface area contributed by atoms with Crippen molar-refractivity contribution in [3.63, 3.8) is 0 Å². The van der Waals surface area contributed by atoms with Gasteiger partial charge < -0.3 is 28.8 Å². The zero-order valence-electron chi connectivity index (χ0n) is 12.4. The van der Waals surface area contributed by atoms with E-state index >= 15 is 0 Å². The Hall–Kier alpha value is -0.240. The lowest BCUT2D eigenvalue weighted by Crippen LogP contribution is -2.62. The van der Waals surface area contributed by atoms with Gasteiger partial charge in [-0.15, -0.1) is 0 Å². The Bertz CT molecular complexity index is 347. The van der Waals surface area contributed by atoms with Crippen molar-refractivity contribution >= 4 is 0 Å². The molecule has 3 heterocycles. The van der Waals surface area contributed by atoms with Crippen molar-refractivity contribution in [2.75, 3.05) is 6.61 Å². The van der Waals surface area contributed by atoms with Gasteiger partial charge in [-0.05, 0) is 0 Å². The monoisotopic (exact) mass is 288 g/mol. The van der Waals surface area contributed by atoms with Gasteiger partial charge in [0.1, 0.15) is 24.4 Å². The summed E-state index contributed by atoms with van der Waals surface area (Å²) < 4.78 is 28.9. The first-order valence-corrected chi connectivity index (χ1v) is 7.39. The lowest BCUT2D eigenvalue weighted by atomic mass is 9.98. The number of hydrogen-bond donors (Lipinski definition) is 1. The molecule has 0 radical (unpaired) electrons. The average Bonchev–Trinajstić information content (AvgIpc) is 2.84. The fraction of sp³-hybridized carbons (Fsp3) is 1.00. The van der Waals surface area contributed by atoms with Crippen LogP contribution in [0.15, 0.2) is 0 Å². The van der Waals surface area contributed by atoms with E-state index in [-0.39, 0.29) is 42.7 Å². The molecule has 3 fully saturated rings. The minimum Gasteiger partial charge on any atom is -0.366 e. The maximum Gasteiger partial charge on any atom is 0.184 e. The highest BCUT2D eigenvalue weighted by Crippen LogP contribution is 2.38. The van der Waals surface area contributed by atoms with Gasteiger partial charge >= 0.3 is 0 Å². The van der Waals surface area contributed by atoms with E-state index < -0.39 is 12.4 Å². The largest absolute Gasteiger partial charge is 0.366 e. The third-order valence-corrected chi connectivity index (χ3v) is 4.00.